The zero-order valence-electron chi connectivity index (χ0n) is 17.7. The first-order valence-electron chi connectivity index (χ1n) is 9.36. The van der Waals surface area contributed by atoms with E-state index in [2.05, 4.69) is 20.7 Å². The van der Waals surface area contributed by atoms with Gasteiger partial charge in [-0.05, 0) is 64.1 Å². The number of allylic oxidation sites excluding steroid dienone is 3. The van der Waals surface area contributed by atoms with Gasteiger partial charge in [-0.25, -0.2) is 14.4 Å². The molecule has 0 saturated heterocycles. The molecule has 0 fully saturated rings. The van der Waals surface area contributed by atoms with Crippen LogP contribution in [0.2, 0.25) is 0 Å². The minimum Gasteiger partial charge on any atom is -0.465 e. The van der Waals surface area contributed by atoms with Crippen molar-refractivity contribution in [3.05, 3.63) is 65.9 Å². The van der Waals surface area contributed by atoms with Crippen molar-refractivity contribution in [1.29, 1.82) is 0 Å². The van der Waals surface area contributed by atoms with Crippen molar-refractivity contribution in [2.24, 2.45) is 0 Å². The highest BCUT2D eigenvalue weighted by Crippen LogP contribution is 2.16. The van der Waals surface area contributed by atoms with Crippen molar-refractivity contribution in [3.8, 4) is 0 Å². The van der Waals surface area contributed by atoms with Crippen LogP contribution in [0.3, 0.4) is 0 Å². The van der Waals surface area contributed by atoms with E-state index in [0.717, 1.165) is 0 Å². The number of carbonyl (C=O) groups excluding carboxylic acids is 3. The van der Waals surface area contributed by atoms with Crippen molar-refractivity contribution >= 4 is 23.8 Å². The molecule has 1 aliphatic carbocycles. The van der Waals surface area contributed by atoms with E-state index in [9.17, 15) is 14.4 Å². The van der Waals surface area contributed by atoms with Crippen LogP contribution in [0.1, 0.15) is 38.1 Å². The van der Waals surface area contributed by atoms with Crippen LogP contribution in [0.5, 0.6) is 0 Å². The number of amides is 3. The highest BCUT2D eigenvalue weighted by Gasteiger charge is 2.25. The number of hydrogen-bond acceptors (Lipinski definition) is 5. The number of esters is 1. The van der Waals surface area contributed by atoms with Gasteiger partial charge in [0.2, 0.25) is 0 Å². The predicted molar refractivity (Wildman–Crippen MR) is 114 cm³/mol. The number of urea groups is 1. The molecular formula is C22H27N3O5. The number of anilines is 1. The van der Waals surface area contributed by atoms with Crippen LogP contribution in [-0.4, -0.2) is 36.3 Å². The summed E-state index contributed by atoms with van der Waals surface area (Å²) in [5, 5.41) is 8.19. The lowest BCUT2D eigenvalue weighted by Gasteiger charge is -2.26. The quantitative estimate of drug-likeness (QED) is 0.650. The van der Waals surface area contributed by atoms with Crippen molar-refractivity contribution in [1.82, 2.24) is 10.6 Å². The minimum atomic E-state index is -0.775. The summed E-state index contributed by atoms with van der Waals surface area (Å²) in [5.41, 5.74) is 0.0638. The van der Waals surface area contributed by atoms with Gasteiger partial charge in [0.05, 0.1) is 18.2 Å². The molecule has 3 N–H and O–H groups in total. The van der Waals surface area contributed by atoms with Gasteiger partial charge in [-0.15, -0.1) is 0 Å². The fraction of sp³-hybridized carbons (Fsp3) is 0.318. The molecule has 0 heterocycles. The molecule has 160 valence electrons. The number of nitrogens with one attached hydrogen (secondary N) is 3. The topological polar surface area (TPSA) is 106 Å². The molecule has 30 heavy (non-hydrogen) atoms. The maximum Gasteiger partial charge on any atom is 0.408 e. The zero-order chi connectivity index (χ0) is 22.4. The average molecular weight is 413 g/mol. The van der Waals surface area contributed by atoms with Crippen molar-refractivity contribution in [2.45, 2.75) is 38.8 Å². The number of carbonyl (C=O) groups is 3. The number of hydrogen-bond donors (Lipinski definition) is 3. The van der Waals surface area contributed by atoms with E-state index >= 15 is 0 Å². The Morgan fingerprint density at radius 1 is 1.00 bits per heavy atom. The standard InChI is InChI=1S/C22H27N3O5/c1-21(2,3)30-20(28)25-22(4)13-6-7-16(12-14-22)23-19(27)24-17-10-8-15(9-11-17)18(26)29-5/h6-14H,1-5H3,(H,25,28)(H2,23,24,27). The molecule has 8 heteroatoms. The van der Waals surface area contributed by atoms with Gasteiger partial charge in [0.25, 0.3) is 0 Å². The molecule has 1 aromatic rings. The van der Waals surface area contributed by atoms with Crippen molar-refractivity contribution < 1.29 is 23.9 Å². The Morgan fingerprint density at radius 2 is 1.67 bits per heavy atom. The fourth-order valence-electron chi connectivity index (χ4n) is 2.52. The molecule has 0 bridgehead atoms. The summed E-state index contributed by atoms with van der Waals surface area (Å²) in [6.07, 6.45) is 8.13. The average Bonchev–Trinajstić information content (AvgIpc) is 2.81. The Hall–Kier alpha value is -3.55. The summed E-state index contributed by atoms with van der Waals surface area (Å²) in [5.74, 6) is -0.449. The molecule has 0 saturated carbocycles. The van der Waals surface area contributed by atoms with E-state index in [0.29, 0.717) is 16.9 Å². The van der Waals surface area contributed by atoms with Crippen LogP contribution in [0, 0.1) is 0 Å². The van der Waals surface area contributed by atoms with Gasteiger partial charge in [0.15, 0.2) is 0 Å². The molecule has 1 atom stereocenters. The van der Waals surface area contributed by atoms with E-state index in [1.807, 2.05) is 6.92 Å². The number of benzene rings is 1. The van der Waals surface area contributed by atoms with Crippen LogP contribution >= 0.6 is 0 Å². The van der Waals surface area contributed by atoms with Crippen molar-refractivity contribution in [2.75, 3.05) is 12.4 Å². The summed E-state index contributed by atoms with van der Waals surface area (Å²) in [4.78, 5) is 35.8. The third-order valence-electron chi connectivity index (χ3n) is 3.92. The second-order valence-corrected chi connectivity index (χ2v) is 7.87. The van der Waals surface area contributed by atoms with Gasteiger partial charge in [0, 0.05) is 11.4 Å². The highest BCUT2D eigenvalue weighted by molar-refractivity contribution is 5.93. The first-order chi connectivity index (χ1) is 14.0. The Morgan fingerprint density at radius 3 is 2.27 bits per heavy atom. The van der Waals surface area contributed by atoms with E-state index < -0.39 is 29.2 Å². The lowest BCUT2D eigenvalue weighted by Crippen LogP contribution is -2.45. The first kappa shape index (κ1) is 22.7. The van der Waals surface area contributed by atoms with Gasteiger partial charge in [-0.1, -0.05) is 18.2 Å². The van der Waals surface area contributed by atoms with Crippen LogP contribution in [0.25, 0.3) is 0 Å². The second kappa shape index (κ2) is 9.30. The number of ether oxygens (including phenoxy) is 2. The number of rotatable bonds is 4. The molecule has 2 rings (SSSR count). The SMILES string of the molecule is COC(=O)c1ccc(NC(=O)NC2=CC=CC(C)(NC(=O)OC(C)(C)C)C=C2)cc1. The summed E-state index contributed by atoms with van der Waals surface area (Å²) in [6.45, 7) is 7.18. The highest BCUT2D eigenvalue weighted by atomic mass is 16.6. The first-order valence-corrected chi connectivity index (χ1v) is 9.36. The smallest absolute Gasteiger partial charge is 0.408 e. The zero-order valence-corrected chi connectivity index (χ0v) is 17.7. The molecular weight excluding hydrogens is 386 g/mol. The summed E-state index contributed by atoms with van der Waals surface area (Å²) < 4.78 is 9.93. The van der Waals surface area contributed by atoms with Gasteiger partial charge >= 0.3 is 18.1 Å². The minimum absolute atomic E-state index is 0.389. The molecule has 0 radical (unpaired) electrons. The molecule has 0 spiro atoms. The van der Waals surface area contributed by atoms with Gasteiger partial charge < -0.3 is 25.4 Å². The fourth-order valence-corrected chi connectivity index (χ4v) is 2.52. The predicted octanol–water partition coefficient (Wildman–Crippen LogP) is 3.89. The summed E-state index contributed by atoms with van der Waals surface area (Å²) >= 11 is 0. The number of methoxy groups -OCH3 is 1. The lowest BCUT2D eigenvalue weighted by molar-refractivity contribution is 0.0498. The third kappa shape index (κ3) is 7.12. The Kier molecular flexibility index (Phi) is 7.05. The molecule has 3 amide bonds. The van der Waals surface area contributed by atoms with Crippen LogP contribution in [0.4, 0.5) is 15.3 Å². The Bertz CT molecular complexity index is 894. The Balaban J connectivity index is 1.95. The molecule has 0 aromatic heterocycles. The van der Waals surface area contributed by atoms with Gasteiger partial charge in [0.1, 0.15) is 5.60 Å². The molecule has 0 aliphatic heterocycles. The van der Waals surface area contributed by atoms with Gasteiger partial charge in [-0.3, -0.25) is 0 Å². The summed E-state index contributed by atoms with van der Waals surface area (Å²) in [6, 6.07) is 5.87. The van der Waals surface area contributed by atoms with Gasteiger partial charge in [-0.2, -0.15) is 0 Å². The molecule has 1 aliphatic rings. The maximum atomic E-state index is 12.3. The second-order valence-electron chi connectivity index (χ2n) is 7.87. The third-order valence-corrected chi connectivity index (χ3v) is 3.92. The van der Waals surface area contributed by atoms with E-state index in [4.69, 9.17) is 4.74 Å². The molecule has 8 nitrogen and oxygen atoms in total. The van der Waals surface area contributed by atoms with Crippen LogP contribution < -0.4 is 16.0 Å². The summed E-state index contributed by atoms with van der Waals surface area (Å²) in [7, 11) is 1.30. The monoisotopic (exact) mass is 413 g/mol. The molecule has 1 aromatic carbocycles. The Labute approximate surface area is 176 Å². The van der Waals surface area contributed by atoms with E-state index in [1.165, 1.54) is 7.11 Å². The maximum absolute atomic E-state index is 12.3. The van der Waals surface area contributed by atoms with E-state index in [1.54, 1.807) is 75.4 Å². The van der Waals surface area contributed by atoms with Crippen LogP contribution in [0.15, 0.2) is 60.3 Å². The lowest BCUT2D eigenvalue weighted by atomic mass is 10.0. The largest absolute Gasteiger partial charge is 0.465 e. The molecule has 1 unspecified atom stereocenters. The van der Waals surface area contributed by atoms with E-state index in [-0.39, 0.29) is 0 Å². The van der Waals surface area contributed by atoms with Crippen LogP contribution in [-0.2, 0) is 9.47 Å². The van der Waals surface area contributed by atoms with Crippen molar-refractivity contribution in [3.63, 3.8) is 0 Å². The normalized spacial score (nSPS) is 18.0. The number of alkyl carbamates (subject to hydrolysis) is 1.